The minimum Gasteiger partial charge on any atom is -0.393 e. The van der Waals surface area contributed by atoms with Gasteiger partial charge in [0.05, 0.1) is 11.7 Å². The summed E-state index contributed by atoms with van der Waals surface area (Å²) in [4.78, 5) is 0. The molecule has 2 aliphatic carbocycles. The molecule has 2 rings (SSSR count). The highest BCUT2D eigenvalue weighted by Gasteiger charge is 2.34. The van der Waals surface area contributed by atoms with E-state index < -0.39 is 0 Å². The second-order valence-corrected chi connectivity index (χ2v) is 5.92. The molecule has 2 fully saturated rings. The lowest BCUT2D eigenvalue weighted by Gasteiger charge is -2.38. The second kappa shape index (κ2) is 11.7. The smallest absolute Gasteiger partial charge is 0.0624 e. The Morgan fingerprint density at radius 3 is 1.32 bits per heavy atom. The van der Waals surface area contributed by atoms with Crippen LogP contribution >= 0.6 is 0 Å². The van der Waals surface area contributed by atoms with Crippen molar-refractivity contribution in [1.29, 1.82) is 0 Å². The van der Waals surface area contributed by atoms with Crippen molar-refractivity contribution in [1.82, 2.24) is 0 Å². The van der Waals surface area contributed by atoms with Gasteiger partial charge in [-0.3, -0.25) is 0 Å². The molecule has 0 heterocycles. The molecular formula is C17H38O2. The second-order valence-electron chi connectivity index (χ2n) is 5.92. The monoisotopic (exact) mass is 274 g/mol. The Kier molecular flexibility index (Phi) is 13.1. The molecule has 2 heteroatoms. The highest BCUT2D eigenvalue weighted by Crippen LogP contribution is 2.36. The van der Waals surface area contributed by atoms with Crippen LogP contribution in [0.3, 0.4) is 0 Å². The lowest BCUT2D eigenvalue weighted by Crippen LogP contribution is -2.39. The van der Waals surface area contributed by atoms with Crippen molar-refractivity contribution >= 4 is 0 Å². The van der Waals surface area contributed by atoms with E-state index in [4.69, 9.17) is 10.2 Å². The molecule has 2 nitrogen and oxygen atoms in total. The standard InChI is InChI=1S/C7H14O.C6H12O.2C2H6/c1-6-2-4-7(8)5-3-6;1-5-3-6(2,7)4-5;2*1-2/h6-8H,2-5H2,1H3;5,7H,3-4H2,1-2H3;2*1-2H3. The van der Waals surface area contributed by atoms with Gasteiger partial charge in [0.25, 0.3) is 0 Å². The number of hydrogen-bond donors (Lipinski definition) is 2. The third kappa shape index (κ3) is 11.4. The molecule has 0 bridgehead atoms. The fourth-order valence-corrected chi connectivity index (χ4v) is 2.68. The largest absolute Gasteiger partial charge is 0.393 e. The quantitative estimate of drug-likeness (QED) is 0.667. The van der Waals surface area contributed by atoms with Gasteiger partial charge in [0.15, 0.2) is 0 Å². The van der Waals surface area contributed by atoms with Crippen LogP contribution in [0.15, 0.2) is 0 Å². The molecule has 19 heavy (non-hydrogen) atoms. The maximum atomic E-state index is 9.08. The summed E-state index contributed by atoms with van der Waals surface area (Å²) in [5.74, 6) is 1.62. The molecule has 0 radical (unpaired) electrons. The summed E-state index contributed by atoms with van der Waals surface area (Å²) in [6.07, 6.45) is 6.51. The summed E-state index contributed by atoms with van der Waals surface area (Å²) >= 11 is 0. The van der Waals surface area contributed by atoms with E-state index in [0.29, 0.717) is 0 Å². The average Bonchev–Trinajstić information content (AvgIpc) is 2.36. The number of aliphatic hydroxyl groups excluding tert-OH is 1. The van der Waals surface area contributed by atoms with E-state index in [0.717, 1.165) is 37.5 Å². The minimum absolute atomic E-state index is 0.0196. The van der Waals surface area contributed by atoms with Crippen LogP contribution in [0.1, 0.15) is 87.0 Å². The van der Waals surface area contributed by atoms with Gasteiger partial charge in [-0.2, -0.15) is 0 Å². The van der Waals surface area contributed by atoms with E-state index >= 15 is 0 Å². The normalized spacial score (nSPS) is 36.2. The third-order valence-corrected chi connectivity index (χ3v) is 3.56. The molecule has 0 spiro atoms. The van der Waals surface area contributed by atoms with Gasteiger partial charge in [-0.25, -0.2) is 0 Å². The number of rotatable bonds is 0. The lowest BCUT2D eigenvalue weighted by molar-refractivity contribution is -0.0506. The van der Waals surface area contributed by atoms with Crippen molar-refractivity contribution in [2.75, 3.05) is 0 Å². The zero-order valence-electron chi connectivity index (χ0n) is 14.4. The molecule has 0 aromatic carbocycles. The zero-order valence-corrected chi connectivity index (χ0v) is 14.4. The molecular weight excluding hydrogens is 236 g/mol. The summed E-state index contributed by atoms with van der Waals surface area (Å²) < 4.78 is 0. The van der Waals surface area contributed by atoms with Gasteiger partial charge in [0.2, 0.25) is 0 Å². The zero-order chi connectivity index (χ0) is 15.5. The molecule has 0 atom stereocenters. The Balaban J connectivity index is 0. The molecule has 2 N–H and O–H groups in total. The first-order chi connectivity index (χ1) is 8.89. The predicted molar refractivity (Wildman–Crippen MR) is 85.4 cm³/mol. The van der Waals surface area contributed by atoms with Crippen molar-refractivity contribution in [3.63, 3.8) is 0 Å². The lowest BCUT2D eigenvalue weighted by atomic mass is 9.73. The summed E-state index contributed by atoms with van der Waals surface area (Å²) in [6.45, 7) is 14.3. The van der Waals surface area contributed by atoms with Gasteiger partial charge in [-0.1, -0.05) is 41.5 Å². The molecule has 0 aliphatic heterocycles. The Labute approximate surface area is 121 Å². The van der Waals surface area contributed by atoms with Crippen molar-refractivity contribution in [2.24, 2.45) is 11.8 Å². The van der Waals surface area contributed by atoms with Crippen LogP contribution in [0.4, 0.5) is 0 Å². The van der Waals surface area contributed by atoms with Crippen molar-refractivity contribution < 1.29 is 10.2 Å². The van der Waals surface area contributed by atoms with Crippen LogP contribution in [-0.2, 0) is 0 Å². The molecule has 0 aromatic rings. The maximum absolute atomic E-state index is 9.08. The molecule has 0 aromatic heterocycles. The van der Waals surface area contributed by atoms with E-state index in [2.05, 4.69) is 13.8 Å². The van der Waals surface area contributed by atoms with E-state index in [1.807, 2.05) is 34.6 Å². The van der Waals surface area contributed by atoms with Crippen LogP contribution in [-0.4, -0.2) is 21.9 Å². The summed E-state index contributed by atoms with van der Waals surface area (Å²) in [5, 5.41) is 18.1. The van der Waals surface area contributed by atoms with Crippen LogP contribution in [0, 0.1) is 11.8 Å². The topological polar surface area (TPSA) is 40.5 Å². The van der Waals surface area contributed by atoms with Gasteiger partial charge in [-0.05, 0) is 57.3 Å². The maximum Gasteiger partial charge on any atom is 0.0624 e. The summed E-state index contributed by atoms with van der Waals surface area (Å²) in [5.41, 5.74) is -0.306. The average molecular weight is 274 g/mol. The third-order valence-electron chi connectivity index (χ3n) is 3.56. The van der Waals surface area contributed by atoms with Crippen molar-refractivity contribution in [3.8, 4) is 0 Å². The van der Waals surface area contributed by atoms with Crippen LogP contribution in [0.25, 0.3) is 0 Å². The van der Waals surface area contributed by atoms with Gasteiger partial charge in [0.1, 0.15) is 0 Å². The Morgan fingerprint density at radius 1 is 0.789 bits per heavy atom. The van der Waals surface area contributed by atoms with Gasteiger partial charge in [-0.15, -0.1) is 0 Å². The van der Waals surface area contributed by atoms with E-state index in [1.54, 1.807) is 0 Å². The molecule has 0 amide bonds. The molecule has 0 saturated heterocycles. The van der Waals surface area contributed by atoms with E-state index in [1.165, 1.54) is 12.8 Å². The van der Waals surface area contributed by atoms with Crippen LogP contribution in [0.2, 0.25) is 0 Å². The van der Waals surface area contributed by atoms with Crippen molar-refractivity contribution in [3.05, 3.63) is 0 Å². The predicted octanol–water partition coefficient (Wildman–Crippen LogP) is 4.78. The number of hydrogen-bond acceptors (Lipinski definition) is 2. The fraction of sp³-hybridized carbons (Fsp3) is 1.00. The van der Waals surface area contributed by atoms with Gasteiger partial charge < -0.3 is 10.2 Å². The van der Waals surface area contributed by atoms with Gasteiger partial charge in [0, 0.05) is 0 Å². The Bertz CT molecular complexity index is 164. The van der Waals surface area contributed by atoms with E-state index in [9.17, 15) is 0 Å². The van der Waals surface area contributed by atoms with Crippen LogP contribution in [0.5, 0.6) is 0 Å². The van der Waals surface area contributed by atoms with Gasteiger partial charge >= 0.3 is 0 Å². The molecule has 2 aliphatic rings. The number of aliphatic hydroxyl groups is 2. The minimum atomic E-state index is -0.306. The van der Waals surface area contributed by atoms with E-state index in [-0.39, 0.29) is 11.7 Å². The highest BCUT2D eigenvalue weighted by molar-refractivity contribution is 4.87. The van der Waals surface area contributed by atoms with Crippen LogP contribution < -0.4 is 0 Å². The fourth-order valence-electron chi connectivity index (χ4n) is 2.68. The Morgan fingerprint density at radius 2 is 1.16 bits per heavy atom. The molecule has 0 unspecified atom stereocenters. The first kappa shape index (κ1) is 21.2. The molecule has 118 valence electrons. The Hall–Kier alpha value is -0.0800. The molecule has 2 saturated carbocycles. The summed E-state index contributed by atoms with van der Waals surface area (Å²) in [7, 11) is 0. The first-order valence-corrected chi connectivity index (χ1v) is 8.29. The summed E-state index contributed by atoms with van der Waals surface area (Å²) in [6, 6.07) is 0. The highest BCUT2D eigenvalue weighted by atomic mass is 16.3. The first-order valence-electron chi connectivity index (χ1n) is 8.29. The SMILES string of the molecule is CC.CC.CC1CC(C)(O)C1.CC1CCC(O)CC1. The van der Waals surface area contributed by atoms with Crippen molar-refractivity contribution in [2.45, 2.75) is 98.7 Å².